The highest BCUT2D eigenvalue weighted by atomic mass is 127. The van der Waals surface area contributed by atoms with Crippen molar-refractivity contribution in [2.24, 2.45) is 0 Å². The molecule has 0 aliphatic carbocycles. The van der Waals surface area contributed by atoms with Gasteiger partial charge in [0.25, 0.3) is 0 Å². The molecule has 0 radical (unpaired) electrons. The second kappa shape index (κ2) is 3.79. The van der Waals surface area contributed by atoms with E-state index in [1.165, 1.54) is 3.70 Å². The maximum absolute atomic E-state index is 2.38. The van der Waals surface area contributed by atoms with Crippen LogP contribution in [0.2, 0.25) is 0 Å². The van der Waals surface area contributed by atoms with E-state index in [4.69, 9.17) is 0 Å². The monoisotopic (exact) mass is 457 g/mol. The van der Waals surface area contributed by atoms with Crippen molar-refractivity contribution in [2.75, 3.05) is 0 Å². The van der Waals surface area contributed by atoms with Gasteiger partial charge in [0.15, 0.2) is 0 Å². The number of rotatable bonds is 0. The highest BCUT2D eigenvalue weighted by molar-refractivity contribution is 14.1. The first-order valence-electron chi connectivity index (χ1n) is 2.35. The molecule has 1 heterocycles. The Labute approximate surface area is 95.9 Å². The van der Waals surface area contributed by atoms with Crippen molar-refractivity contribution in [2.45, 2.75) is 0 Å². The van der Waals surface area contributed by atoms with Gasteiger partial charge in [-0.2, -0.15) is 0 Å². The molecule has 0 aromatic heterocycles. The molecule has 48 valence electrons. The summed E-state index contributed by atoms with van der Waals surface area (Å²) in [4.78, 5) is 0. The molecule has 0 aromatic carbocycles. The zero-order valence-corrected chi connectivity index (χ0v) is 10.9. The lowest BCUT2D eigenvalue weighted by atomic mass is 9.92. The van der Waals surface area contributed by atoms with Gasteiger partial charge >= 0.3 is 4.70 Å². The molecule has 0 bridgehead atoms. The third-order valence-electron chi connectivity index (χ3n) is 0.924. The van der Waals surface area contributed by atoms with E-state index in [1.807, 2.05) is 0 Å². The smallest absolute Gasteiger partial charge is 0.339 e. The molecule has 0 aromatic rings. The van der Waals surface area contributed by atoms with Crippen LogP contribution >= 0.6 is 67.8 Å². The van der Waals surface area contributed by atoms with Crippen LogP contribution in [0.15, 0.2) is 21.8 Å². The van der Waals surface area contributed by atoms with Crippen LogP contribution in [0, 0.1) is 0 Å². The molecule has 5 heteroatoms. The van der Waals surface area contributed by atoms with Crippen LogP contribution in [-0.2, 0) is 0 Å². The second-order valence-electron chi connectivity index (χ2n) is 1.56. The van der Waals surface area contributed by atoms with Crippen LogP contribution < -0.4 is 0 Å². The first-order chi connectivity index (χ1) is 4.22. The zero-order valence-electron chi connectivity index (χ0n) is 4.39. The van der Waals surface area contributed by atoms with E-state index in [9.17, 15) is 0 Å². The Balaban J connectivity index is 2.73. The molecule has 9 heavy (non-hydrogen) atoms. The zero-order chi connectivity index (χ0) is 6.85. The van der Waals surface area contributed by atoms with E-state index in [1.54, 1.807) is 0 Å². The lowest BCUT2D eigenvalue weighted by Crippen LogP contribution is -2.22. The molecule has 0 saturated carbocycles. The molecule has 0 saturated heterocycles. The number of halogens is 3. The van der Waals surface area contributed by atoms with Gasteiger partial charge in [-0.1, -0.05) is 12.1 Å². The average Bonchev–Trinajstić information content (AvgIpc) is 1.83. The van der Waals surface area contributed by atoms with Gasteiger partial charge < -0.3 is 3.02 Å². The van der Waals surface area contributed by atoms with E-state index in [-0.39, 0.29) is 0 Å². The quantitative estimate of drug-likeness (QED) is 0.235. The normalized spacial score (nSPS) is 18.3. The van der Waals surface area contributed by atoms with E-state index in [2.05, 4.69) is 89.0 Å². The Kier molecular flexibility index (Phi) is 3.64. The standard InChI is InChI=1S/C4H3BI3N/c6-4-2-1-3-5(7)9(4)8/h1-3H. The molecule has 1 aliphatic rings. The summed E-state index contributed by atoms with van der Waals surface area (Å²) in [5.41, 5.74) is 0. The molecule has 0 N–H and O–H groups in total. The topological polar surface area (TPSA) is 3.24 Å². The molecule has 1 rings (SSSR count). The third kappa shape index (κ3) is 2.24. The lowest BCUT2D eigenvalue weighted by Gasteiger charge is -2.19. The second-order valence-corrected chi connectivity index (χ2v) is 4.98. The Bertz CT molecular complexity index is 167. The van der Waals surface area contributed by atoms with Crippen molar-refractivity contribution >= 4 is 72.5 Å². The molecule has 1 nitrogen and oxygen atoms in total. The first kappa shape index (κ1) is 8.63. The van der Waals surface area contributed by atoms with Gasteiger partial charge in [-0.05, 0) is 28.7 Å². The summed E-state index contributed by atoms with van der Waals surface area (Å²) in [6, 6.07) is 0. The molecular formula is C4H3BI3N. The van der Waals surface area contributed by atoms with Crippen LogP contribution in [0.5, 0.6) is 0 Å². The Hall–Kier alpha value is 1.53. The minimum absolute atomic E-state index is 0.514. The predicted molar refractivity (Wildman–Crippen MR) is 66.9 cm³/mol. The summed E-state index contributed by atoms with van der Waals surface area (Å²) < 4.78 is 3.99. The van der Waals surface area contributed by atoms with E-state index in [0.29, 0.717) is 4.70 Å². The first-order valence-corrected chi connectivity index (χ1v) is 5.64. The maximum Gasteiger partial charge on any atom is 0.364 e. The number of allylic oxidation sites excluding steroid dienone is 2. The molecule has 0 fully saturated rings. The van der Waals surface area contributed by atoms with Gasteiger partial charge in [0.2, 0.25) is 0 Å². The largest absolute Gasteiger partial charge is 0.364 e. The van der Waals surface area contributed by atoms with Crippen molar-refractivity contribution in [3.05, 3.63) is 21.8 Å². The summed E-state index contributed by atoms with van der Waals surface area (Å²) >= 11 is 7.01. The number of hydrogen-bond donors (Lipinski definition) is 0. The average molecular weight is 457 g/mol. The fraction of sp³-hybridized carbons (Fsp3) is 0. The van der Waals surface area contributed by atoms with Crippen LogP contribution in [0.25, 0.3) is 0 Å². The van der Waals surface area contributed by atoms with Crippen molar-refractivity contribution in [1.82, 2.24) is 3.02 Å². The van der Waals surface area contributed by atoms with Gasteiger partial charge in [0.1, 0.15) is 0 Å². The third-order valence-corrected chi connectivity index (χ3v) is 5.88. The minimum Gasteiger partial charge on any atom is -0.339 e. The summed E-state index contributed by atoms with van der Waals surface area (Å²) in [6.45, 7) is 0. The fourth-order valence-electron chi connectivity index (χ4n) is 0.491. The van der Waals surface area contributed by atoms with Gasteiger partial charge in [0, 0.05) is 22.9 Å². The van der Waals surface area contributed by atoms with Gasteiger partial charge in [-0.25, -0.2) is 0 Å². The summed E-state index contributed by atoms with van der Waals surface area (Å²) in [5.74, 6) is 2.16. The highest BCUT2D eigenvalue weighted by Gasteiger charge is 2.17. The summed E-state index contributed by atoms with van der Waals surface area (Å²) in [5, 5.41) is 0. The van der Waals surface area contributed by atoms with E-state index in [0.717, 1.165) is 0 Å². The maximum atomic E-state index is 2.38. The molecule has 0 spiro atoms. The van der Waals surface area contributed by atoms with Crippen molar-refractivity contribution in [3.8, 4) is 0 Å². The van der Waals surface area contributed by atoms with Gasteiger partial charge in [-0.3, -0.25) is 0 Å². The Morgan fingerprint density at radius 3 is 2.67 bits per heavy atom. The van der Waals surface area contributed by atoms with Crippen molar-refractivity contribution < 1.29 is 0 Å². The van der Waals surface area contributed by atoms with Gasteiger partial charge in [0.05, 0.1) is 3.70 Å². The Morgan fingerprint density at radius 2 is 2.22 bits per heavy atom. The Morgan fingerprint density at radius 1 is 1.56 bits per heavy atom. The molecule has 0 amide bonds. The predicted octanol–water partition coefficient (Wildman–Crippen LogP) is 2.95. The van der Waals surface area contributed by atoms with E-state index >= 15 is 0 Å². The summed E-state index contributed by atoms with van der Waals surface area (Å²) in [7, 11) is 0. The van der Waals surface area contributed by atoms with E-state index < -0.39 is 0 Å². The molecule has 1 aliphatic heterocycles. The molecule has 0 atom stereocenters. The van der Waals surface area contributed by atoms with Crippen molar-refractivity contribution in [1.29, 1.82) is 0 Å². The SMILES string of the molecule is IB1C=CC=C(I)N1I. The van der Waals surface area contributed by atoms with Crippen molar-refractivity contribution in [3.63, 3.8) is 0 Å². The number of hydrogen-bond acceptors (Lipinski definition) is 1. The fourth-order valence-corrected chi connectivity index (χ4v) is 2.42. The van der Waals surface area contributed by atoms with Crippen LogP contribution in [0.1, 0.15) is 0 Å². The minimum atomic E-state index is 0.514. The van der Waals surface area contributed by atoms with Gasteiger partial charge in [-0.15, -0.1) is 22.4 Å². The van der Waals surface area contributed by atoms with Crippen LogP contribution in [0.4, 0.5) is 0 Å². The summed E-state index contributed by atoms with van der Waals surface area (Å²) in [6.07, 6.45) is 4.19. The van der Waals surface area contributed by atoms with Crippen LogP contribution in [-0.4, -0.2) is 7.73 Å². The molecular weight excluding hydrogens is 454 g/mol. The highest BCUT2D eigenvalue weighted by Crippen LogP contribution is 2.26. The lowest BCUT2D eigenvalue weighted by molar-refractivity contribution is 1.05. The molecule has 0 unspecified atom stereocenters. The number of nitrogens with zero attached hydrogens (tertiary/aromatic N) is 1. The van der Waals surface area contributed by atoms with Crippen LogP contribution in [0.3, 0.4) is 0 Å².